The Hall–Kier alpha value is -1.94. The van der Waals surface area contributed by atoms with Crippen LogP contribution >= 0.6 is 11.6 Å². The van der Waals surface area contributed by atoms with Gasteiger partial charge in [-0.3, -0.25) is 0 Å². The van der Waals surface area contributed by atoms with E-state index < -0.39 is 0 Å². The number of hydrogen-bond acceptors (Lipinski definition) is 4. The van der Waals surface area contributed by atoms with Crippen molar-refractivity contribution in [2.75, 3.05) is 20.0 Å². The predicted octanol–water partition coefficient (Wildman–Crippen LogP) is 3.00. The highest BCUT2D eigenvalue weighted by atomic mass is 35.5. The summed E-state index contributed by atoms with van der Waals surface area (Å²) in [6.07, 6.45) is 1.59. The molecule has 0 unspecified atom stereocenters. The van der Waals surface area contributed by atoms with Crippen LogP contribution in [0.1, 0.15) is 0 Å². The third-order valence-corrected chi connectivity index (χ3v) is 2.81. The number of nitrogens with zero attached hydrogens (tertiary/aromatic N) is 1. The molecule has 4 nitrogen and oxygen atoms in total. The number of halogens is 1. The van der Waals surface area contributed by atoms with Crippen LogP contribution in [0.25, 0.3) is 11.1 Å². The van der Waals surface area contributed by atoms with Gasteiger partial charge in [0.25, 0.3) is 0 Å². The van der Waals surface area contributed by atoms with Crippen molar-refractivity contribution in [2.24, 2.45) is 0 Å². The van der Waals surface area contributed by atoms with Crippen LogP contribution < -0.4 is 15.2 Å². The highest BCUT2D eigenvalue weighted by Crippen LogP contribution is 2.36. The molecule has 94 valence electrons. The standard InChI is InChI=1S/C13H13ClN2O2/c1-17-12-7-16-13(18-2)6-10(12)9-5-8(14)3-4-11(9)15/h3-7H,15H2,1-2H3. The summed E-state index contributed by atoms with van der Waals surface area (Å²) < 4.78 is 10.4. The van der Waals surface area contributed by atoms with Crippen molar-refractivity contribution in [1.82, 2.24) is 4.98 Å². The van der Waals surface area contributed by atoms with Gasteiger partial charge in [-0.25, -0.2) is 4.98 Å². The van der Waals surface area contributed by atoms with Gasteiger partial charge in [-0.1, -0.05) is 11.6 Å². The van der Waals surface area contributed by atoms with E-state index in [-0.39, 0.29) is 0 Å². The first kappa shape index (κ1) is 12.5. The van der Waals surface area contributed by atoms with Crippen molar-refractivity contribution in [1.29, 1.82) is 0 Å². The fourth-order valence-corrected chi connectivity index (χ4v) is 1.84. The van der Waals surface area contributed by atoms with Gasteiger partial charge in [-0.2, -0.15) is 0 Å². The van der Waals surface area contributed by atoms with E-state index in [4.69, 9.17) is 26.8 Å². The molecular formula is C13H13ClN2O2. The van der Waals surface area contributed by atoms with Gasteiger partial charge in [0.1, 0.15) is 5.75 Å². The Morgan fingerprint density at radius 2 is 1.89 bits per heavy atom. The molecule has 0 saturated carbocycles. The summed E-state index contributed by atoms with van der Waals surface area (Å²) in [4.78, 5) is 4.09. The van der Waals surface area contributed by atoms with E-state index in [0.29, 0.717) is 22.3 Å². The molecule has 0 aliphatic heterocycles. The molecule has 1 aromatic carbocycles. The smallest absolute Gasteiger partial charge is 0.213 e. The lowest BCUT2D eigenvalue weighted by atomic mass is 10.0. The molecule has 0 atom stereocenters. The fourth-order valence-electron chi connectivity index (χ4n) is 1.67. The van der Waals surface area contributed by atoms with Crippen LogP contribution in [-0.4, -0.2) is 19.2 Å². The molecule has 0 amide bonds. The van der Waals surface area contributed by atoms with Gasteiger partial charge < -0.3 is 15.2 Å². The maximum atomic E-state index is 5.99. The number of ether oxygens (including phenoxy) is 2. The van der Waals surface area contributed by atoms with Crippen LogP contribution in [0, 0.1) is 0 Å². The molecule has 18 heavy (non-hydrogen) atoms. The average Bonchev–Trinajstić information content (AvgIpc) is 2.40. The molecule has 1 heterocycles. The lowest BCUT2D eigenvalue weighted by molar-refractivity contribution is 0.388. The molecule has 5 heteroatoms. The van der Waals surface area contributed by atoms with Gasteiger partial charge in [-0.15, -0.1) is 0 Å². The second-order valence-electron chi connectivity index (χ2n) is 3.66. The zero-order valence-electron chi connectivity index (χ0n) is 10.1. The number of nitrogen functional groups attached to an aromatic ring is 1. The first-order chi connectivity index (χ1) is 8.65. The maximum Gasteiger partial charge on any atom is 0.213 e. The molecule has 2 aromatic rings. The number of hydrogen-bond donors (Lipinski definition) is 1. The molecule has 0 fully saturated rings. The lowest BCUT2D eigenvalue weighted by Gasteiger charge is -2.12. The van der Waals surface area contributed by atoms with E-state index >= 15 is 0 Å². The van der Waals surface area contributed by atoms with E-state index in [1.54, 1.807) is 44.7 Å². The van der Waals surface area contributed by atoms with Gasteiger partial charge in [0.2, 0.25) is 5.88 Å². The topological polar surface area (TPSA) is 57.4 Å². The Labute approximate surface area is 110 Å². The second-order valence-corrected chi connectivity index (χ2v) is 4.09. The first-order valence-corrected chi connectivity index (χ1v) is 5.67. The van der Waals surface area contributed by atoms with Gasteiger partial charge in [0.05, 0.1) is 20.4 Å². The molecule has 2 N–H and O–H groups in total. The van der Waals surface area contributed by atoms with Crippen molar-refractivity contribution in [2.45, 2.75) is 0 Å². The molecule has 0 aliphatic rings. The van der Waals surface area contributed by atoms with Crippen LogP contribution in [0.3, 0.4) is 0 Å². The third-order valence-electron chi connectivity index (χ3n) is 2.58. The number of rotatable bonds is 3. The summed E-state index contributed by atoms with van der Waals surface area (Å²) in [7, 11) is 3.13. The second kappa shape index (κ2) is 5.14. The zero-order valence-corrected chi connectivity index (χ0v) is 10.9. The summed E-state index contributed by atoms with van der Waals surface area (Å²) in [5.41, 5.74) is 8.17. The predicted molar refractivity (Wildman–Crippen MR) is 72.2 cm³/mol. The average molecular weight is 265 g/mol. The molecule has 0 spiro atoms. The maximum absolute atomic E-state index is 5.99. The van der Waals surface area contributed by atoms with Crippen molar-refractivity contribution < 1.29 is 9.47 Å². The van der Waals surface area contributed by atoms with Crippen molar-refractivity contribution in [3.05, 3.63) is 35.5 Å². The van der Waals surface area contributed by atoms with Crippen molar-refractivity contribution in [3.63, 3.8) is 0 Å². The summed E-state index contributed by atoms with van der Waals surface area (Å²) in [6, 6.07) is 7.05. The van der Waals surface area contributed by atoms with E-state index in [1.807, 2.05) is 0 Å². The molecule has 2 rings (SSSR count). The lowest BCUT2D eigenvalue weighted by Crippen LogP contribution is -1.96. The summed E-state index contributed by atoms with van der Waals surface area (Å²) in [5, 5.41) is 0.608. The van der Waals surface area contributed by atoms with Crippen LogP contribution in [0.2, 0.25) is 5.02 Å². The van der Waals surface area contributed by atoms with Crippen LogP contribution in [0.5, 0.6) is 11.6 Å². The molecule has 0 bridgehead atoms. The highest BCUT2D eigenvalue weighted by Gasteiger charge is 2.11. The minimum Gasteiger partial charge on any atom is -0.494 e. The number of anilines is 1. The van der Waals surface area contributed by atoms with Gasteiger partial charge in [-0.05, 0) is 18.2 Å². The summed E-state index contributed by atoms with van der Waals surface area (Å²) >= 11 is 5.99. The molecule has 1 aromatic heterocycles. The normalized spacial score (nSPS) is 10.2. The van der Waals surface area contributed by atoms with E-state index in [0.717, 1.165) is 11.1 Å². The summed E-state index contributed by atoms with van der Waals surface area (Å²) in [5.74, 6) is 1.11. The van der Waals surface area contributed by atoms with E-state index in [9.17, 15) is 0 Å². The Bertz CT molecular complexity index is 573. The number of aromatic nitrogens is 1. The zero-order chi connectivity index (χ0) is 13.1. The molecule has 0 saturated heterocycles. The third kappa shape index (κ3) is 2.33. The molecular weight excluding hydrogens is 252 g/mol. The van der Waals surface area contributed by atoms with Gasteiger partial charge in [0, 0.05) is 27.9 Å². The number of methoxy groups -OCH3 is 2. The highest BCUT2D eigenvalue weighted by molar-refractivity contribution is 6.31. The van der Waals surface area contributed by atoms with Crippen LogP contribution in [0.4, 0.5) is 5.69 Å². The Kier molecular flexibility index (Phi) is 3.58. The SMILES string of the molecule is COc1cc(-c2cc(Cl)ccc2N)c(OC)cn1. The number of benzene rings is 1. The minimum absolute atomic E-state index is 0.491. The van der Waals surface area contributed by atoms with E-state index in [1.165, 1.54) is 0 Å². The minimum atomic E-state index is 0.491. The quantitative estimate of drug-likeness (QED) is 0.866. The monoisotopic (exact) mass is 264 g/mol. The van der Waals surface area contributed by atoms with Gasteiger partial charge in [0.15, 0.2) is 0 Å². The Morgan fingerprint density at radius 1 is 1.11 bits per heavy atom. The fraction of sp³-hybridized carbons (Fsp3) is 0.154. The van der Waals surface area contributed by atoms with Crippen molar-refractivity contribution >= 4 is 17.3 Å². The molecule has 0 radical (unpaired) electrons. The first-order valence-electron chi connectivity index (χ1n) is 5.29. The van der Waals surface area contributed by atoms with Gasteiger partial charge >= 0.3 is 0 Å². The van der Waals surface area contributed by atoms with Crippen molar-refractivity contribution in [3.8, 4) is 22.8 Å². The summed E-state index contributed by atoms with van der Waals surface area (Å²) in [6.45, 7) is 0. The van der Waals surface area contributed by atoms with E-state index in [2.05, 4.69) is 4.98 Å². The number of nitrogens with two attached hydrogens (primary N) is 1. The molecule has 0 aliphatic carbocycles. The van der Waals surface area contributed by atoms with Crippen LogP contribution in [-0.2, 0) is 0 Å². The van der Waals surface area contributed by atoms with Crippen LogP contribution in [0.15, 0.2) is 30.5 Å². The largest absolute Gasteiger partial charge is 0.494 e. The Balaban J connectivity index is 2.64. The number of pyridine rings is 1. The Morgan fingerprint density at radius 3 is 2.56 bits per heavy atom.